The summed E-state index contributed by atoms with van der Waals surface area (Å²) in [4.78, 5) is 11.0. The maximum Gasteiger partial charge on any atom is 0.270 e. The number of hydrogen-bond donors (Lipinski definition) is 0. The molecule has 4 nitrogen and oxygen atoms in total. The van der Waals surface area contributed by atoms with Crippen molar-refractivity contribution >= 4 is 23.2 Å². The molecule has 0 spiro atoms. The minimum Gasteiger partial charge on any atom is -0.497 e. The first kappa shape index (κ1) is 10.8. The molecule has 82 valence electrons. The Morgan fingerprint density at radius 1 is 1.25 bits per heavy atom. The van der Waals surface area contributed by atoms with Crippen LogP contribution in [0.5, 0.6) is 5.75 Å². The quantitative estimate of drug-likeness (QED) is 0.793. The van der Waals surface area contributed by atoms with Crippen molar-refractivity contribution in [2.24, 2.45) is 10.2 Å². The van der Waals surface area contributed by atoms with Crippen LogP contribution < -0.4 is 4.74 Å². The van der Waals surface area contributed by atoms with Crippen molar-refractivity contribution in [3.8, 4) is 5.75 Å². The van der Waals surface area contributed by atoms with Gasteiger partial charge < -0.3 is 4.74 Å². The average Bonchev–Trinajstić information content (AvgIpc) is 2.29. The highest BCUT2D eigenvalue weighted by molar-refractivity contribution is 6.34. The molecular formula is C11H9ClN2O2. The highest BCUT2D eigenvalue weighted by Crippen LogP contribution is 2.29. The Balaban J connectivity index is 2.34. The van der Waals surface area contributed by atoms with Crippen molar-refractivity contribution in [3.05, 3.63) is 34.9 Å². The molecule has 0 atom stereocenters. The SMILES string of the molecule is COc1ccc(C2=C(Cl)CC(=O)N=N2)cc1. The van der Waals surface area contributed by atoms with Gasteiger partial charge in [0.05, 0.1) is 18.6 Å². The zero-order chi connectivity index (χ0) is 11.5. The van der Waals surface area contributed by atoms with Gasteiger partial charge in [0.15, 0.2) is 0 Å². The lowest BCUT2D eigenvalue weighted by Crippen LogP contribution is -1.99. The van der Waals surface area contributed by atoms with Gasteiger partial charge in [-0.25, -0.2) is 0 Å². The van der Waals surface area contributed by atoms with Crippen molar-refractivity contribution in [1.82, 2.24) is 0 Å². The first-order valence-electron chi connectivity index (χ1n) is 4.68. The molecule has 1 aromatic carbocycles. The first-order valence-corrected chi connectivity index (χ1v) is 5.06. The normalized spacial score (nSPS) is 15.5. The van der Waals surface area contributed by atoms with Gasteiger partial charge in [0.2, 0.25) is 0 Å². The summed E-state index contributed by atoms with van der Waals surface area (Å²) in [6.07, 6.45) is 0.117. The molecule has 0 radical (unpaired) electrons. The third kappa shape index (κ3) is 2.12. The highest BCUT2D eigenvalue weighted by Gasteiger charge is 2.16. The van der Waals surface area contributed by atoms with E-state index < -0.39 is 0 Å². The van der Waals surface area contributed by atoms with Crippen LogP contribution in [-0.2, 0) is 4.79 Å². The molecule has 5 heteroatoms. The van der Waals surface area contributed by atoms with Crippen LogP contribution in [0.25, 0.3) is 5.70 Å². The molecule has 0 fully saturated rings. The molecule has 0 saturated heterocycles. The van der Waals surface area contributed by atoms with Crippen molar-refractivity contribution < 1.29 is 9.53 Å². The summed E-state index contributed by atoms with van der Waals surface area (Å²) < 4.78 is 5.04. The van der Waals surface area contributed by atoms with Crippen LogP contribution >= 0.6 is 11.6 Å². The number of rotatable bonds is 2. The number of azo groups is 1. The van der Waals surface area contributed by atoms with E-state index >= 15 is 0 Å². The minimum atomic E-state index is -0.317. The van der Waals surface area contributed by atoms with E-state index in [1.54, 1.807) is 19.2 Å². The Labute approximate surface area is 97.6 Å². The van der Waals surface area contributed by atoms with Crippen molar-refractivity contribution in [2.45, 2.75) is 6.42 Å². The van der Waals surface area contributed by atoms with E-state index in [0.717, 1.165) is 11.3 Å². The van der Waals surface area contributed by atoms with Gasteiger partial charge in [0.1, 0.15) is 11.4 Å². The topological polar surface area (TPSA) is 51.0 Å². The molecule has 0 saturated carbocycles. The van der Waals surface area contributed by atoms with Crippen LogP contribution in [0.4, 0.5) is 0 Å². The molecule has 0 aliphatic carbocycles. The van der Waals surface area contributed by atoms with Gasteiger partial charge in [0.25, 0.3) is 5.91 Å². The summed E-state index contributed by atoms with van der Waals surface area (Å²) >= 11 is 5.96. The minimum absolute atomic E-state index is 0.117. The van der Waals surface area contributed by atoms with E-state index in [-0.39, 0.29) is 12.3 Å². The molecule has 1 aliphatic heterocycles. The molecule has 1 heterocycles. The molecule has 0 aromatic heterocycles. The largest absolute Gasteiger partial charge is 0.497 e. The van der Waals surface area contributed by atoms with Gasteiger partial charge in [-0.1, -0.05) is 11.6 Å². The monoisotopic (exact) mass is 236 g/mol. The summed E-state index contributed by atoms with van der Waals surface area (Å²) in [6.45, 7) is 0. The van der Waals surface area contributed by atoms with Crippen LogP contribution in [0, 0.1) is 0 Å². The molecular weight excluding hydrogens is 228 g/mol. The second kappa shape index (κ2) is 4.45. The number of methoxy groups -OCH3 is 1. The van der Waals surface area contributed by atoms with Crippen molar-refractivity contribution in [3.63, 3.8) is 0 Å². The molecule has 16 heavy (non-hydrogen) atoms. The predicted molar refractivity (Wildman–Crippen MR) is 60.2 cm³/mol. The fraction of sp³-hybridized carbons (Fsp3) is 0.182. The highest BCUT2D eigenvalue weighted by atomic mass is 35.5. The molecule has 0 bridgehead atoms. The summed E-state index contributed by atoms with van der Waals surface area (Å²) in [5, 5.41) is 7.71. The van der Waals surface area contributed by atoms with Gasteiger partial charge in [-0.2, -0.15) is 0 Å². The van der Waals surface area contributed by atoms with Crippen LogP contribution in [0.15, 0.2) is 39.5 Å². The molecule has 1 aliphatic rings. The molecule has 1 amide bonds. The van der Waals surface area contributed by atoms with Gasteiger partial charge in [-0.15, -0.1) is 10.2 Å². The smallest absolute Gasteiger partial charge is 0.270 e. The standard InChI is InChI=1S/C11H9ClN2O2/c1-16-8-4-2-7(3-5-8)11-9(12)6-10(15)13-14-11/h2-5H,6H2,1H3. The molecule has 0 N–H and O–H groups in total. The van der Waals surface area contributed by atoms with E-state index in [4.69, 9.17) is 16.3 Å². The Hall–Kier alpha value is -1.68. The maximum atomic E-state index is 11.0. The third-order valence-electron chi connectivity index (χ3n) is 2.19. The summed E-state index contributed by atoms with van der Waals surface area (Å²) in [6, 6.07) is 7.26. The molecule has 1 aromatic rings. The zero-order valence-electron chi connectivity index (χ0n) is 8.61. The Morgan fingerprint density at radius 2 is 1.94 bits per heavy atom. The van der Waals surface area contributed by atoms with Gasteiger partial charge in [-0.05, 0) is 24.3 Å². The van der Waals surface area contributed by atoms with Crippen molar-refractivity contribution in [1.29, 1.82) is 0 Å². The number of halogens is 1. The van der Waals surface area contributed by atoms with Gasteiger partial charge in [-0.3, -0.25) is 4.79 Å². The second-order valence-electron chi connectivity index (χ2n) is 3.25. The van der Waals surface area contributed by atoms with E-state index in [1.165, 1.54) is 0 Å². The van der Waals surface area contributed by atoms with E-state index in [2.05, 4.69) is 10.2 Å². The van der Waals surface area contributed by atoms with Crippen molar-refractivity contribution in [2.75, 3.05) is 7.11 Å². The summed E-state index contributed by atoms with van der Waals surface area (Å²) in [5.41, 5.74) is 1.37. The maximum absolute atomic E-state index is 11.0. The van der Waals surface area contributed by atoms with Crippen LogP contribution in [0.2, 0.25) is 0 Å². The number of carbonyl (C=O) groups excluding carboxylic acids is 1. The summed E-state index contributed by atoms with van der Waals surface area (Å²) in [7, 11) is 1.60. The zero-order valence-corrected chi connectivity index (χ0v) is 9.36. The molecule has 2 rings (SSSR count). The molecule has 0 unspecified atom stereocenters. The lowest BCUT2D eigenvalue weighted by molar-refractivity contribution is -0.117. The first-order chi connectivity index (χ1) is 7.70. The lowest BCUT2D eigenvalue weighted by Gasteiger charge is -2.08. The fourth-order valence-corrected chi connectivity index (χ4v) is 1.64. The number of nitrogens with zero attached hydrogens (tertiary/aromatic N) is 2. The number of benzene rings is 1. The predicted octanol–water partition coefficient (Wildman–Crippen LogP) is 2.99. The summed E-state index contributed by atoms with van der Waals surface area (Å²) in [5.74, 6) is 0.437. The van der Waals surface area contributed by atoms with E-state index in [0.29, 0.717) is 10.7 Å². The fourth-order valence-electron chi connectivity index (χ4n) is 1.38. The van der Waals surface area contributed by atoms with E-state index in [9.17, 15) is 4.79 Å². The number of carbonyl (C=O) groups is 1. The van der Waals surface area contributed by atoms with Gasteiger partial charge >= 0.3 is 0 Å². The second-order valence-corrected chi connectivity index (χ2v) is 3.71. The Kier molecular flexibility index (Phi) is 3.01. The van der Waals surface area contributed by atoms with Crippen LogP contribution in [0.1, 0.15) is 12.0 Å². The Morgan fingerprint density at radius 3 is 2.50 bits per heavy atom. The number of ether oxygens (including phenoxy) is 1. The van der Waals surface area contributed by atoms with Crippen LogP contribution in [0.3, 0.4) is 0 Å². The lowest BCUT2D eigenvalue weighted by atomic mass is 10.1. The van der Waals surface area contributed by atoms with Gasteiger partial charge in [0, 0.05) is 5.56 Å². The Bertz CT molecular complexity index is 477. The third-order valence-corrected chi connectivity index (χ3v) is 2.50. The number of amides is 1. The van der Waals surface area contributed by atoms with Crippen LogP contribution in [-0.4, -0.2) is 13.0 Å². The number of hydrogen-bond acceptors (Lipinski definition) is 3. The average molecular weight is 237 g/mol. The van der Waals surface area contributed by atoms with E-state index in [1.807, 2.05) is 12.1 Å².